The number of nitro benzene ring substituents is 2. The number of benzene rings is 1. The van der Waals surface area contributed by atoms with Crippen molar-refractivity contribution in [3.05, 3.63) is 44.0 Å². The fraction of sp³-hybridized carbons (Fsp3) is 0. The van der Waals surface area contributed by atoms with E-state index in [1.165, 1.54) is 12.1 Å². The molecule has 0 radical (unpaired) electrons. The second-order valence-electron chi connectivity index (χ2n) is 2.30. The van der Waals surface area contributed by atoms with Gasteiger partial charge in [0.15, 0.2) is 0 Å². The van der Waals surface area contributed by atoms with E-state index in [4.69, 9.17) is 5.26 Å². The van der Waals surface area contributed by atoms with E-state index in [0.29, 0.717) is 0 Å². The smallest absolute Gasteiger partial charge is 0.258 e. The van der Waals surface area contributed by atoms with E-state index in [9.17, 15) is 20.2 Å². The minimum Gasteiger partial charge on any atom is -0.258 e. The predicted octanol–water partition coefficient (Wildman–Crippen LogP) is 1.37. The average molecular weight is 193 g/mol. The minimum atomic E-state index is -0.934. The summed E-state index contributed by atoms with van der Waals surface area (Å²) >= 11 is 0. The van der Waals surface area contributed by atoms with Crippen molar-refractivity contribution in [2.45, 2.75) is 0 Å². The highest BCUT2D eigenvalue weighted by Gasteiger charge is 2.27. The standard InChI is InChI=1S/C7H3N3O4/c8-4-5-2-1-3-6(9(11)12)7(5)10(13)14/h1-3H. The Kier molecular flexibility index (Phi) is 2.39. The van der Waals surface area contributed by atoms with Crippen LogP contribution in [0.15, 0.2) is 18.2 Å². The summed E-state index contributed by atoms with van der Waals surface area (Å²) in [4.78, 5) is 19.0. The van der Waals surface area contributed by atoms with E-state index in [0.717, 1.165) is 12.1 Å². The van der Waals surface area contributed by atoms with Crippen LogP contribution in [0.3, 0.4) is 0 Å². The highest BCUT2D eigenvalue weighted by molar-refractivity contribution is 5.61. The molecule has 0 unspecified atom stereocenters. The summed E-state index contributed by atoms with van der Waals surface area (Å²) < 4.78 is 0. The van der Waals surface area contributed by atoms with E-state index in [1.807, 2.05) is 0 Å². The van der Waals surface area contributed by atoms with Crippen molar-refractivity contribution < 1.29 is 9.85 Å². The average Bonchev–Trinajstić information content (AvgIpc) is 2.16. The van der Waals surface area contributed by atoms with E-state index >= 15 is 0 Å². The Bertz CT molecular complexity index is 449. The van der Waals surface area contributed by atoms with Crippen LogP contribution in [-0.2, 0) is 0 Å². The van der Waals surface area contributed by atoms with Crippen molar-refractivity contribution in [1.82, 2.24) is 0 Å². The lowest BCUT2D eigenvalue weighted by atomic mass is 10.2. The summed E-state index contributed by atoms with van der Waals surface area (Å²) in [6, 6.07) is 4.89. The lowest BCUT2D eigenvalue weighted by Crippen LogP contribution is -1.98. The number of hydrogen-bond donors (Lipinski definition) is 0. The van der Waals surface area contributed by atoms with Crippen molar-refractivity contribution in [1.29, 1.82) is 5.26 Å². The molecule has 1 aromatic carbocycles. The summed E-state index contributed by atoms with van der Waals surface area (Å²) in [5, 5.41) is 29.3. The molecule has 0 saturated heterocycles. The Balaban J connectivity index is 3.53. The van der Waals surface area contributed by atoms with Gasteiger partial charge < -0.3 is 0 Å². The van der Waals surface area contributed by atoms with Gasteiger partial charge in [0.1, 0.15) is 11.6 Å². The second-order valence-corrected chi connectivity index (χ2v) is 2.30. The molecular weight excluding hydrogens is 190 g/mol. The molecule has 1 aromatic rings. The number of nitrogens with zero attached hydrogens (tertiary/aromatic N) is 3. The van der Waals surface area contributed by atoms with Gasteiger partial charge in [-0.3, -0.25) is 20.2 Å². The normalized spacial score (nSPS) is 9.07. The van der Waals surface area contributed by atoms with E-state index in [2.05, 4.69) is 0 Å². The minimum absolute atomic E-state index is 0.316. The molecule has 0 spiro atoms. The van der Waals surface area contributed by atoms with Crippen molar-refractivity contribution in [3.63, 3.8) is 0 Å². The van der Waals surface area contributed by atoms with Crippen LogP contribution in [-0.4, -0.2) is 9.85 Å². The Morgan fingerprint density at radius 1 is 1.21 bits per heavy atom. The van der Waals surface area contributed by atoms with Crippen LogP contribution in [0.25, 0.3) is 0 Å². The number of nitro groups is 2. The van der Waals surface area contributed by atoms with Crippen molar-refractivity contribution in [2.75, 3.05) is 0 Å². The third-order valence-electron chi connectivity index (χ3n) is 1.51. The molecule has 0 fully saturated rings. The van der Waals surface area contributed by atoms with Gasteiger partial charge in [0.2, 0.25) is 0 Å². The quantitative estimate of drug-likeness (QED) is 0.520. The number of para-hydroxylation sites is 1. The summed E-state index contributed by atoms with van der Waals surface area (Å²) in [6.07, 6.45) is 0. The molecule has 0 aliphatic heterocycles. The van der Waals surface area contributed by atoms with Gasteiger partial charge in [-0.25, -0.2) is 0 Å². The van der Waals surface area contributed by atoms with Gasteiger partial charge in [-0.05, 0) is 6.07 Å². The Hall–Kier alpha value is -2.49. The molecule has 70 valence electrons. The van der Waals surface area contributed by atoms with Gasteiger partial charge >= 0.3 is 11.4 Å². The zero-order valence-electron chi connectivity index (χ0n) is 6.71. The number of rotatable bonds is 2. The summed E-state index contributed by atoms with van der Waals surface area (Å²) in [6.45, 7) is 0. The van der Waals surface area contributed by atoms with Crippen LogP contribution in [0, 0.1) is 31.6 Å². The molecule has 0 atom stereocenters. The van der Waals surface area contributed by atoms with Crippen molar-refractivity contribution >= 4 is 11.4 Å². The topological polar surface area (TPSA) is 110 Å². The zero-order chi connectivity index (χ0) is 10.7. The first kappa shape index (κ1) is 9.60. The Morgan fingerprint density at radius 2 is 1.86 bits per heavy atom. The van der Waals surface area contributed by atoms with Gasteiger partial charge in [-0.15, -0.1) is 0 Å². The van der Waals surface area contributed by atoms with E-state index < -0.39 is 21.2 Å². The molecule has 0 N–H and O–H groups in total. The van der Waals surface area contributed by atoms with Gasteiger partial charge in [-0.1, -0.05) is 6.07 Å². The van der Waals surface area contributed by atoms with Gasteiger partial charge in [0.25, 0.3) is 0 Å². The fourth-order valence-electron chi connectivity index (χ4n) is 0.961. The molecule has 0 aliphatic carbocycles. The molecule has 0 bridgehead atoms. The van der Waals surface area contributed by atoms with Gasteiger partial charge in [-0.2, -0.15) is 5.26 Å². The van der Waals surface area contributed by atoms with Crippen LogP contribution in [0.1, 0.15) is 5.56 Å². The Morgan fingerprint density at radius 3 is 2.29 bits per heavy atom. The van der Waals surface area contributed by atoms with E-state index in [1.54, 1.807) is 0 Å². The summed E-state index contributed by atoms with van der Waals surface area (Å²) in [5.74, 6) is 0. The molecule has 0 aromatic heterocycles. The third kappa shape index (κ3) is 1.49. The maximum absolute atomic E-state index is 10.5. The number of nitriles is 1. The molecule has 0 saturated carbocycles. The number of hydrogen-bond acceptors (Lipinski definition) is 5. The van der Waals surface area contributed by atoms with Crippen LogP contribution in [0.4, 0.5) is 11.4 Å². The lowest BCUT2D eigenvalue weighted by molar-refractivity contribution is -0.422. The maximum atomic E-state index is 10.5. The monoisotopic (exact) mass is 193 g/mol. The first-order valence-corrected chi connectivity index (χ1v) is 3.40. The van der Waals surface area contributed by atoms with Crippen molar-refractivity contribution in [2.24, 2.45) is 0 Å². The van der Waals surface area contributed by atoms with Crippen LogP contribution < -0.4 is 0 Å². The Labute approximate surface area is 77.5 Å². The highest BCUT2D eigenvalue weighted by atomic mass is 16.6. The first-order chi connectivity index (χ1) is 6.57. The maximum Gasteiger partial charge on any atom is 0.363 e. The molecular formula is C7H3N3O4. The van der Waals surface area contributed by atoms with Crippen LogP contribution >= 0.6 is 0 Å². The van der Waals surface area contributed by atoms with Crippen molar-refractivity contribution in [3.8, 4) is 6.07 Å². The van der Waals surface area contributed by atoms with Crippen LogP contribution in [0.2, 0.25) is 0 Å². The highest BCUT2D eigenvalue weighted by Crippen LogP contribution is 2.29. The van der Waals surface area contributed by atoms with E-state index in [-0.39, 0.29) is 5.56 Å². The third-order valence-corrected chi connectivity index (χ3v) is 1.51. The largest absolute Gasteiger partial charge is 0.363 e. The zero-order valence-corrected chi connectivity index (χ0v) is 6.71. The molecule has 1 rings (SSSR count). The predicted molar refractivity (Wildman–Crippen MR) is 44.5 cm³/mol. The molecule has 7 heteroatoms. The summed E-state index contributed by atoms with van der Waals surface area (Å²) in [7, 11) is 0. The second kappa shape index (κ2) is 3.49. The lowest BCUT2D eigenvalue weighted by Gasteiger charge is -1.95. The van der Waals surface area contributed by atoms with Crippen LogP contribution in [0.5, 0.6) is 0 Å². The van der Waals surface area contributed by atoms with Gasteiger partial charge in [0.05, 0.1) is 9.85 Å². The molecule has 7 nitrogen and oxygen atoms in total. The first-order valence-electron chi connectivity index (χ1n) is 3.40. The SMILES string of the molecule is N#Cc1cccc([N+](=O)[O-])c1[N+](=O)[O-]. The fourth-order valence-corrected chi connectivity index (χ4v) is 0.961. The summed E-state index contributed by atoms with van der Waals surface area (Å²) in [5.41, 5.74) is -1.75. The molecule has 0 heterocycles. The molecule has 14 heavy (non-hydrogen) atoms. The molecule has 0 aliphatic rings. The molecule has 0 amide bonds. The van der Waals surface area contributed by atoms with Gasteiger partial charge in [0, 0.05) is 6.07 Å².